The highest BCUT2D eigenvalue weighted by molar-refractivity contribution is 7.99. The van der Waals surface area contributed by atoms with E-state index in [1.165, 1.54) is 11.8 Å². The molecular weight excluding hydrogens is 292 g/mol. The first kappa shape index (κ1) is 14.4. The molecule has 112 valence electrons. The lowest BCUT2D eigenvalue weighted by Crippen LogP contribution is -2.32. The summed E-state index contributed by atoms with van der Waals surface area (Å²) in [6, 6.07) is 7.78. The fraction of sp³-hybridized carbons (Fsp3) is 0.429. The van der Waals surface area contributed by atoms with E-state index in [1.54, 1.807) is 0 Å². The minimum atomic E-state index is -0.851. The highest BCUT2D eigenvalue weighted by Gasteiger charge is 2.19. The first-order valence-electron chi connectivity index (χ1n) is 6.73. The van der Waals surface area contributed by atoms with Crippen molar-refractivity contribution in [2.75, 3.05) is 25.6 Å². The predicted molar refractivity (Wildman–Crippen MR) is 78.7 cm³/mol. The molecule has 2 aromatic rings. The van der Waals surface area contributed by atoms with Gasteiger partial charge in [-0.15, -0.1) is 0 Å². The molecule has 0 radical (unpaired) electrons. The zero-order valence-electron chi connectivity index (χ0n) is 11.4. The Hall–Kier alpha value is -1.57. The summed E-state index contributed by atoms with van der Waals surface area (Å²) < 4.78 is 13.1. The second kappa shape index (κ2) is 6.46. The number of nitrogens with zero attached hydrogens (tertiary/aromatic N) is 2. The molecule has 1 aliphatic rings. The average Bonchev–Trinajstić information content (AvgIpc) is 2.84. The van der Waals surface area contributed by atoms with E-state index >= 15 is 0 Å². The molecule has 1 aromatic heterocycles. The number of rotatable bonds is 5. The fourth-order valence-corrected chi connectivity index (χ4v) is 3.06. The molecule has 1 N–H and O–H groups in total. The monoisotopic (exact) mass is 308 g/mol. The van der Waals surface area contributed by atoms with Crippen molar-refractivity contribution < 1.29 is 19.4 Å². The van der Waals surface area contributed by atoms with Crippen molar-refractivity contribution in [3.05, 3.63) is 24.3 Å². The highest BCUT2D eigenvalue weighted by atomic mass is 32.2. The van der Waals surface area contributed by atoms with Crippen LogP contribution in [-0.2, 0) is 20.8 Å². The molecule has 3 rings (SSSR count). The van der Waals surface area contributed by atoms with Gasteiger partial charge in [0.1, 0.15) is 0 Å². The number of aromatic nitrogens is 2. The van der Waals surface area contributed by atoms with Crippen molar-refractivity contribution >= 4 is 28.8 Å². The van der Waals surface area contributed by atoms with E-state index in [-0.39, 0.29) is 11.9 Å². The Morgan fingerprint density at radius 1 is 1.43 bits per heavy atom. The van der Waals surface area contributed by atoms with Gasteiger partial charge in [0.05, 0.1) is 49.3 Å². The van der Waals surface area contributed by atoms with Gasteiger partial charge in [0.15, 0.2) is 5.16 Å². The minimum absolute atomic E-state index is 0.00859. The Kier molecular flexibility index (Phi) is 4.42. The smallest absolute Gasteiger partial charge is 0.313 e. The van der Waals surface area contributed by atoms with Crippen molar-refractivity contribution in [1.29, 1.82) is 0 Å². The van der Waals surface area contributed by atoms with Gasteiger partial charge in [-0.1, -0.05) is 23.9 Å². The second-order valence-corrected chi connectivity index (χ2v) is 5.69. The number of carboxylic acid groups (broad SMARTS) is 1. The van der Waals surface area contributed by atoms with E-state index in [0.717, 1.165) is 11.0 Å². The molecule has 7 heteroatoms. The summed E-state index contributed by atoms with van der Waals surface area (Å²) >= 11 is 1.23. The molecule has 0 amide bonds. The number of benzene rings is 1. The average molecular weight is 308 g/mol. The summed E-state index contributed by atoms with van der Waals surface area (Å²) in [7, 11) is 0. The van der Waals surface area contributed by atoms with E-state index in [9.17, 15) is 4.79 Å². The first-order chi connectivity index (χ1) is 10.2. The number of imidazole rings is 1. The molecular formula is C14H16N2O4S. The number of ether oxygens (including phenoxy) is 2. The molecule has 0 bridgehead atoms. The zero-order chi connectivity index (χ0) is 14.7. The predicted octanol–water partition coefficient (Wildman–Crippen LogP) is 1.63. The Morgan fingerprint density at radius 2 is 2.29 bits per heavy atom. The molecule has 0 spiro atoms. The summed E-state index contributed by atoms with van der Waals surface area (Å²) in [6.45, 7) is 2.38. The Balaban J connectivity index is 1.88. The zero-order valence-corrected chi connectivity index (χ0v) is 12.2. The van der Waals surface area contributed by atoms with E-state index in [0.29, 0.717) is 31.5 Å². The van der Waals surface area contributed by atoms with Crippen LogP contribution in [0.1, 0.15) is 0 Å². The molecule has 0 saturated carbocycles. The minimum Gasteiger partial charge on any atom is -0.481 e. The van der Waals surface area contributed by atoms with Crippen LogP contribution in [0.25, 0.3) is 11.0 Å². The molecule has 1 saturated heterocycles. The first-order valence-corrected chi connectivity index (χ1v) is 7.72. The quantitative estimate of drug-likeness (QED) is 0.846. The lowest BCUT2D eigenvalue weighted by molar-refractivity contribution is -0.133. The van der Waals surface area contributed by atoms with Gasteiger partial charge in [-0.05, 0) is 12.1 Å². The molecule has 1 fully saturated rings. The van der Waals surface area contributed by atoms with Crippen LogP contribution in [0.5, 0.6) is 0 Å². The maximum Gasteiger partial charge on any atom is 0.313 e. The number of para-hydroxylation sites is 2. The number of aliphatic carboxylic acids is 1. The third-order valence-electron chi connectivity index (χ3n) is 3.22. The SMILES string of the molecule is O=C(O)CSc1nc2ccccc2n1CC1COCCO1. The van der Waals surface area contributed by atoms with E-state index < -0.39 is 5.97 Å². The van der Waals surface area contributed by atoms with Crippen molar-refractivity contribution in [3.8, 4) is 0 Å². The topological polar surface area (TPSA) is 73.6 Å². The Labute approximate surface area is 126 Å². The second-order valence-electron chi connectivity index (χ2n) is 4.74. The summed E-state index contributed by atoms with van der Waals surface area (Å²) in [5.41, 5.74) is 1.85. The third kappa shape index (κ3) is 3.37. The van der Waals surface area contributed by atoms with E-state index in [4.69, 9.17) is 14.6 Å². The van der Waals surface area contributed by atoms with Crippen LogP contribution in [0.15, 0.2) is 29.4 Å². The van der Waals surface area contributed by atoms with Crippen molar-refractivity contribution in [2.24, 2.45) is 0 Å². The number of carbonyl (C=O) groups is 1. The van der Waals surface area contributed by atoms with Crippen molar-refractivity contribution in [3.63, 3.8) is 0 Å². The van der Waals surface area contributed by atoms with Gasteiger partial charge < -0.3 is 19.1 Å². The molecule has 2 heterocycles. The number of thioether (sulfide) groups is 1. The summed E-state index contributed by atoms with van der Waals surface area (Å²) in [6.07, 6.45) is -0.0273. The van der Waals surface area contributed by atoms with Crippen LogP contribution in [0, 0.1) is 0 Å². The molecule has 1 atom stereocenters. The van der Waals surface area contributed by atoms with Crippen LogP contribution in [0.2, 0.25) is 0 Å². The van der Waals surface area contributed by atoms with Crippen LogP contribution in [0.3, 0.4) is 0 Å². The normalized spacial score (nSPS) is 19.0. The van der Waals surface area contributed by atoms with Gasteiger partial charge in [0.25, 0.3) is 0 Å². The van der Waals surface area contributed by atoms with E-state index in [1.807, 2.05) is 28.8 Å². The summed E-state index contributed by atoms with van der Waals surface area (Å²) in [5.74, 6) is -0.860. The number of carboxylic acids is 1. The lowest BCUT2D eigenvalue weighted by Gasteiger charge is -2.24. The molecule has 6 nitrogen and oxygen atoms in total. The highest BCUT2D eigenvalue weighted by Crippen LogP contribution is 2.25. The number of hydrogen-bond acceptors (Lipinski definition) is 5. The molecule has 0 aliphatic carbocycles. The van der Waals surface area contributed by atoms with Crippen LogP contribution in [0.4, 0.5) is 0 Å². The number of fused-ring (bicyclic) bond motifs is 1. The van der Waals surface area contributed by atoms with Gasteiger partial charge in [-0.25, -0.2) is 4.98 Å². The summed E-state index contributed by atoms with van der Waals surface area (Å²) in [5, 5.41) is 9.56. The van der Waals surface area contributed by atoms with E-state index in [2.05, 4.69) is 4.98 Å². The van der Waals surface area contributed by atoms with Gasteiger partial charge in [-0.3, -0.25) is 4.79 Å². The number of hydrogen-bond donors (Lipinski definition) is 1. The maximum atomic E-state index is 10.8. The molecule has 1 aliphatic heterocycles. The largest absolute Gasteiger partial charge is 0.481 e. The van der Waals surface area contributed by atoms with Gasteiger partial charge in [-0.2, -0.15) is 0 Å². The fourth-order valence-electron chi connectivity index (χ4n) is 2.31. The lowest BCUT2D eigenvalue weighted by atomic mass is 10.3. The van der Waals surface area contributed by atoms with Crippen molar-refractivity contribution in [1.82, 2.24) is 9.55 Å². The summed E-state index contributed by atoms with van der Waals surface area (Å²) in [4.78, 5) is 15.3. The molecule has 1 aromatic carbocycles. The van der Waals surface area contributed by atoms with Gasteiger partial charge in [0.2, 0.25) is 0 Å². The van der Waals surface area contributed by atoms with Crippen LogP contribution < -0.4 is 0 Å². The third-order valence-corrected chi connectivity index (χ3v) is 4.18. The Bertz CT molecular complexity index is 637. The maximum absolute atomic E-state index is 10.8. The van der Waals surface area contributed by atoms with Gasteiger partial charge >= 0.3 is 5.97 Å². The standard InChI is InChI=1S/C14H16N2O4S/c17-13(18)9-21-14-15-11-3-1-2-4-12(11)16(14)7-10-8-19-5-6-20-10/h1-4,10H,5-9H2,(H,17,18). The van der Waals surface area contributed by atoms with Crippen molar-refractivity contribution in [2.45, 2.75) is 17.8 Å². The Morgan fingerprint density at radius 3 is 3.05 bits per heavy atom. The van der Waals surface area contributed by atoms with Crippen LogP contribution in [-0.4, -0.2) is 52.3 Å². The molecule has 21 heavy (non-hydrogen) atoms. The van der Waals surface area contributed by atoms with Crippen LogP contribution >= 0.6 is 11.8 Å². The van der Waals surface area contributed by atoms with Gasteiger partial charge in [0, 0.05) is 0 Å². The molecule has 1 unspecified atom stereocenters.